The minimum absolute atomic E-state index is 0.248. The van der Waals surface area contributed by atoms with Gasteiger partial charge in [0.05, 0.1) is 12.7 Å². The van der Waals surface area contributed by atoms with E-state index in [9.17, 15) is 0 Å². The topological polar surface area (TPSA) is 33.0 Å². The molecule has 0 spiro atoms. The highest BCUT2D eigenvalue weighted by atomic mass is 32.2. The third kappa shape index (κ3) is 1.89. The lowest BCUT2D eigenvalue weighted by Crippen LogP contribution is -2.06. The van der Waals surface area contributed by atoms with E-state index in [2.05, 4.69) is 6.07 Å². The van der Waals surface area contributed by atoms with E-state index in [1.54, 1.807) is 0 Å². The van der Waals surface area contributed by atoms with Gasteiger partial charge in [0.25, 0.3) is 0 Å². The van der Waals surface area contributed by atoms with Crippen molar-refractivity contribution < 1.29 is 4.18 Å². The van der Waals surface area contributed by atoms with Gasteiger partial charge in [-0.25, -0.2) is 0 Å². The summed E-state index contributed by atoms with van der Waals surface area (Å²) in [7, 11) is 0. The van der Waals surface area contributed by atoms with Crippen LogP contribution >= 0.6 is 12.0 Å². The van der Waals surface area contributed by atoms with E-state index in [1.165, 1.54) is 24.9 Å². The van der Waals surface area contributed by atoms with Crippen molar-refractivity contribution in [3.63, 3.8) is 0 Å². The minimum atomic E-state index is 0.248. The zero-order valence-corrected chi connectivity index (χ0v) is 6.91. The first kappa shape index (κ1) is 7.90. The lowest BCUT2D eigenvalue weighted by molar-refractivity contribution is 0.275. The van der Waals surface area contributed by atoms with Gasteiger partial charge in [-0.05, 0) is 24.9 Å². The highest BCUT2D eigenvalue weighted by Gasteiger charge is 2.42. The van der Waals surface area contributed by atoms with E-state index >= 15 is 0 Å². The van der Waals surface area contributed by atoms with Crippen LogP contribution in [0.4, 0.5) is 0 Å². The Morgan fingerprint density at radius 1 is 1.70 bits per heavy atom. The molecule has 0 bridgehead atoms. The van der Waals surface area contributed by atoms with E-state index in [0.29, 0.717) is 6.42 Å². The molecule has 1 fully saturated rings. The smallest absolute Gasteiger partial charge is 0.0679 e. The average Bonchev–Trinajstić information content (AvgIpc) is 2.67. The first-order valence-corrected chi connectivity index (χ1v) is 4.50. The molecular formula is C7H11NOS. The maximum atomic E-state index is 8.43. The Morgan fingerprint density at radius 2 is 2.40 bits per heavy atom. The van der Waals surface area contributed by atoms with Crippen molar-refractivity contribution in [1.29, 1.82) is 5.26 Å². The van der Waals surface area contributed by atoms with Crippen LogP contribution in [0.1, 0.15) is 19.3 Å². The van der Waals surface area contributed by atoms with Crippen LogP contribution in [0.3, 0.4) is 0 Å². The number of nitriles is 1. The van der Waals surface area contributed by atoms with Crippen molar-refractivity contribution in [3.8, 4) is 6.07 Å². The standard InChI is InChI=1S/C7H11NOS/c1-10-9-6-7(2-3-7)4-5-8/h2-4,6H2,1H3. The van der Waals surface area contributed by atoms with Gasteiger partial charge < -0.3 is 4.18 Å². The zero-order valence-electron chi connectivity index (χ0n) is 6.09. The molecule has 0 aromatic carbocycles. The molecule has 0 amide bonds. The van der Waals surface area contributed by atoms with Crippen molar-refractivity contribution in [2.24, 2.45) is 5.41 Å². The molecule has 0 aromatic rings. The van der Waals surface area contributed by atoms with E-state index < -0.39 is 0 Å². The van der Waals surface area contributed by atoms with Crippen LogP contribution in [0.2, 0.25) is 0 Å². The van der Waals surface area contributed by atoms with Gasteiger partial charge in [0.15, 0.2) is 0 Å². The Hall–Kier alpha value is -0.200. The second-order valence-corrected chi connectivity index (χ2v) is 3.33. The molecule has 1 aliphatic carbocycles. The Bertz CT molecular complexity index is 148. The summed E-state index contributed by atoms with van der Waals surface area (Å²) in [4.78, 5) is 0. The van der Waals surface area contributed by atoms with Crippen molar-refractivity contribution in [2.45, 2.75) is 19.3 Å². The van der Waals surface area contributed by atoms with Gasteiger partial charge in [-0.3, -0.25) is 0 Å². The minimum Gasteiger partial charge on any atom is -0.315 e. The molecule has 0 unspecified atom stereocenters. The third-order valence-corrected chi connectivity index (χ3v) is 2.25. The molecule has 0 N–H and O–H groups in total. The third-order valence-electron chi connectivity index (χ3n) is 1.89. The second-order valence-electron chi connectivity index (χ2n) is 2.76. The van der Waals surface area contributed by atoms with E-state index in [0.717, 1.165) is 6.61 Å². The first-order valence-electron chi connectivity index (χ1n) is 3.35. The molecule has 0 aliphatic heterocycles. The summed E-state index contributed by atoms with van der Waals surface area (Å²) in [6, 6.07) is 2.19. The quantitative estimate of drug-likeness (QED) is 0.585. The maximum Gasteiger partial charge on any atom is 0.0679 e. The lowest BCUT2D eigenvalue weighted by atomic mass is 10.1. The van der Waals surface area contributed by atoms with E-state index in [-0.39, 0.29) is 5.41 Å². The van der Waals surface area contributed by atoms with Crippen LogP contribution in [0.5, 0.6) is 0 Å². The summed E-state index contributed by atoms with van der Waals surface area (Å²) in [5.74, 6) is 0. The number of nitrogens with zero attached hydrogens (tertiary/aromatic N) is 1. The van der Waals surface area contributed by atoms with Crippen LogP contribution in [0.25, 0.3) is 0 Å². The molecule has 3 heteroatoms. The molecule has 1 aliphatic rings. The monoisotopic (exact) mass is 157 g/mol. The summed E-state index contributed by atoms with van der Waals surface area (Å²) in [6.45, 7) is 0.752. The molecular weight excluding hydrogens is 146 g/mol. The summed E-state index contributed by atoms with van der Waals surface area (Å²) in [5.41, 5.74) is 0.248. The molecule has 0 saturated heterocycles. The summed E-state index contributed by atoms with van der Waals surface area (Å²) in [5, 5.41) is 8.43. The van der Waals surface area contributed by atoms with Gasteiger partial charge in [0.1, 0.15) is 0 Å². The SMILES string of the molecule is CSOCC1(CC#N)CC1. The van der Waals surface area contributed by atoms with Gasteiger partial charge in [0.2, 0.25) is 0 Å². The van der Waals surface area contributed by atoms with Gasteiger partial charge in [0, 0.05) is 18.1 Å². The maximum absolute atomic E-state index is 8.43. The van der Waals surface area contributed by atoms with Gasteiger partial charge in [-0.1, -0.05) is 0 Å². The molecule has 56 valence electrons. The fraction of sp³-hybridized carbons (Fsp3) is 0.857. The molecule has 0 radical (unpaired) electrons. The Kier molecular flexibility index (Phi) is 2.58. The fourth-order valence-corrected chi connectivity index (χ4v) is 1.27. The number of hydrogen-bond donors (Lipinski definition) is 0. The molecule has 1 saturated carbocycles. The molecule has 0 aromatic heterocycles. The largest absolute Gasteiger partial charge is 0.315 e. The van der Waals surface area contributed by atoms with Gasteiger partial charge >= 0.3 is 0 Å². The van der Waals surface area contributed by atoms with Crippen LogP contribution in [0, 0.1) is 16.7 Å². The van der Waals surface area contributed by atoms with Crippen molar-refractivity contribution in [1.82, 2.24) is 0 Å². The summed E-state index contributed by atoms with van der Waals surface area (Å²) >= 11 is 1.38. The number of hydrogen-bond acceptors (Lipinski definition) is 3. The summed E-state index contributed by atoms with van der Waals surface area (Å²) < 4.78 is 5.18. The lowest BCUT2D eigenvalue weighted by Gasteiger charge is -2.07. The fourth-order valence-electron chi connectivity index (χ4n) is 0.901. The van der Waals surface area contributed by atoms with Gasteiger partial charge in [-0.2, -0.15) is 5.26 Å². The van der Waals surface area contributed by atoms with E-state index in [4.69, 9.17) is 9.44 Å². The molecule has 0 atom stereocenters. The Morgan fingerprint density at radius 3 is 2.80 bits per heavy atom. The Labute approximate surface area is 65.8 Å². The van der Waals surface area contributed by atoms with Gasteiger partial charge in [-0.15, -0.1) is 0 Å². The van der Waals surface area contributed by atoms with Crippen molar-refractivity contribution in [2.75, 3.05) is 12.9 Å². The molecule has 2 nitrogen and oxygen atoms in total. The highest BCUT2D eigenvalue weighted by molar-refractivity contribution is 7.93. The zero-order chi connectivity index (χ0) is 7.45. The molecule has 10 heavy (non-hydrogen) atoms. The predicted octanol–water partition coefficient (Wildman–Crippen LogP) is 1.97. The Balaban J connectivity index is 2.18. The molecule has 0 heterocycles. The number of rotatable bonds is 4. The van der Waals surface area contributed by atoms with E-state index in [1.807, 2.05) is 6.26 Å². The van der Waals surface area contributed by atoms with Crippen molar-refractivity contribution in [3.05, 3.63) is 0 Å². The highest BCUT2D eigenvalue weighted by Crippen LogP contribution is 2.49. The summed E-state index contributed by atoms with van der Waals surface area (Å²) in [6.07, 6.45) is 4.90. The molecule has 1 rings (SSSR count). The van der Waals surface area contributed by atoms with Crippen LogP contribution in [0.15, 0.2) is 0 Å². The van der Waals surface area contributed by atoms with Crippen LogP contribution in [-0.2, 0) is 4.18 Å². The van der Waals surface area contributed by atoms with Crippen LogP contribution < -0.4 is 0 Å². The normalized spacial score (nSPS) is 20.0. The second kappa shape index (κ2) is 3.27. The van der Waals surface area contributed by atoms with Crippen LogP contribution in [-0.4, -0.2) is 12.9 Å². The van der Waals surface area contributed by atoms with Crippen molar-refractivity contribution >= 4 is 12.0 Å². The average molecular weight is 157 g/mol. The first-order chi connectivity index (χ1) is 4.83. The predicted molar refractivity (Wildman–Crippen MR) is 41.4 cm³/mol.